The Hall–Kier alpha value is -1.52. The van der Waals surface area contributed by atoms with Gasteiger partial charge in [-0.15, -0.1) is 12.4 Å². The summed E-state index contributed by atoms with van der Waals surface area (Å²) in [5.41, 5.74) is 1.91. The summed E-state index contributed by atoms with van der Waals surface area (Å²) in [5.74, 6) is 1.33. The lowest BCUT2D eigenvalue weighted by Gasteiger charge is -2.04. The molecule has 0 saturated carbocycles. The van der Waals surface area contributed by atoms with Gasteiger partial charge in [0.05, 0.1) is 11.6 Å². The largest absolute Gasteiger partial charge is 0.460 e. The van der Waals surface area contributed by atoms with Crippen LogP contribution in [-0.4, -0.2) is 6.54 Å². The summed E-state index contributed by atoms with van der Waals surface area (Å²) in [6.07, 6.45) is 0.830. The van der Waals surface area contributed by atoms with Crippen molar-refractivity contribution in [2.75, 3.05) is 6.54 Å². The number of rotatable bonds is 6. The van der Waals surface area contributed by atoms with Crippen LogP contribution in [0.2, 0.25) is 10.0 Å². The van der Waals surface area contributed by atoms with E-state index in [0.717, 1.165) is 29.9 Å². The molecule has 1 N–H and O–H groups in total. The molecule has 0 saturated heterocycles. The summed E-state index contributed by atoms with van der Waals surface area (Å²) in [6.45, 7) is 1.40. The second kappa shape index (κ2) is 9.25. The van der Waals surface area contributed by atoms with Crippen molar-refractivity contribution in [3.05, 3.63) is 81.8 Å². The van der Waals surface area contributed by atoms with Gasteiger partial charge in [0.15, 0.2) is 0 Å². The molecular weight excluding hydrogens is 384 g/mol. The zero-order valence-electron chi connectivity index (χ0n) is 13.3. The van der Waals surface area contributed by atoms with E-state index in [0.29, 0.717) is 22.4 Å². The molecule has 3 rings (SSSR count). The predicted molar refractivity (Wildman–Crippen MR) is 103 cm³/mol. The highest BCUT2D eigenvalue weighted by Crippen LogP contribution is 2.31. The third-order valence-electron chi connectivity index (χ3n) is 3.66. The van der Waals surface area contributed by atoms with E-state index in [1.165, 1.54) is 12.1 Å². The average molecular weight is 401 g/mol. The Morgan fingerprint density at radius 3 is 2.44 bits per heavy atom. The van der Waals surface area contributed by atoms with Crippen LogP contribution in [0.25, 0.3) is 11.3 Å². The molecule has 3 aromatic rings. The quantitative estimate of drug-likeness (QED) is 0.502. The van der Waals surface area contributed by atoms with Crippen molar-refractivity contribution in [1.82, 2.24) is 5.32 Å². The predicted octanol–water partition coefficient (Wildman–Crippen LogP) is 6.15. The Kier molecular flexibility index (Phi) is 7.33. The lowest BCUT2D eigenvalue weighted by molar-refractivity contribution is 0.495. The molecule has 0 bridgehead atoms. The van der Waals surface area contributed by atoms with Gasteiger partial charge in [0.2, 0.25) is 0 Å². The van der Waals surface area contributed by atoms with Gasteiger partial charge in [-0.05, 0) is 61.0 Å². The number of benzene rings is 2. The van der Waals surface area contributed by atoms with Crippen LogP contribution in [0.4, 0.5) is 4.39 Å². The zero-order valence-corrected chi connectivity index (χ0v) is 15.6. The van der Waals surface area contributed by atoms with E-state index in [-0.39, 0.29) is 18.2 Å². The maximum Gasteiger partial charge on any atom is 0.135 e. The Balaban J connectivity index is 0.00000225. The molecule has 0 unspecified atom stereocenters. The number of furan rings is 1. The molecule has 1 aromatic heterocycles. The normalized spacial score (nSPS) is 10.5. The van der Waals surface area contributed by atoms with Crippen molar-refractivity contribution in [2.24, 2.45) is 0 Å². The van der Waals surface area contributed by atoms with Crippen molar-refractivity contribution in [2.45, 2.75) is 13.0 Å². The van der Waals surface area contributed by atoms with Gasteiger partial charge in [0.1, 0.15) is 17.3 Å². The second-order valence-corrected chi connectivity index (χ2v) is 6.29. The van der Waals surface area contributed by atoms with Crippen LogP contribution in [0.1, 0.15) is 11.3 Å². The van der Waals surface area contributed by atoms with Crippen LogP contribution in [-0.2, 0) is 13.0 Å². The summed E-state index contributed by atoms with van der Waals surface area (Å²) in [7, 11) is 0. The maximum atomic E-state index is 12.8. The van der Waals surface area contributed by atoms with Crippen molar-refractivity contribution in [3.63, 3.8) is 0 Å². The summed E-state index contributed by atoms with van der Waals surface area (Å²) >= 11 is 12.1. The molecule has 132 valence electrons. The van der Waals surface area contributed by atoms with Crippen LogP contribution in [0.15, 0.2) is 59.0 Å². The first-order valence-corrected chi connectivity index (χ1v) is 8.37. The standard InChI is InChI=1S/C19H16Cl2FNO.ClH/c20-14-3-7-17(18(21)11-14)19-8-6-16(24-19)12-23-10-9-13-1-4-15(22)5-2-13;/h1-8,11,23H,9-10,12H2;1H. The molecule has 0 spiro atoms. The topological polar surface area (TPSA) is 25.2 Å². The van der Waals surface area contributed by atoms with Crippen LogP contribution in [0.3, 0.4) is 0 Å². The van der Waals surface area contributed by atoms with Gasteiger partial charge in [-0.3, -0.25) is 0 Å². The average Bonchev–Trinajstić information content (AvgIpc) is 3.02. The van der Waals surface area contributed by atoms with Gasteiger partial charge < -0.3 is 9.73 Å². The van der Waals surface area contributed by atoms with Crippen molar-refractivity contribution in [1.29, 1.82) is 0 Å². The van der Waals surface area contributed by atoms with E-state index in [2.05, 4.69) is 5.32 Å². The van der Waals surface area contributed by atoms with Gasteiger partial charge in [-0.25, -0.2) is 4.39 Å². The summed E-state index contributed by atoms with van der Waals surface area (Å²) in [5, 5.41) is 4.47. The van der Waals surface area contributed by atoms with E-state index in [1.807, 2.05) is 18.2 Å². The minimum absolute atomic E-state index is 0. The smallest absolute Gasteiger partial charge is 0.135 e. The Morgan fingerprint density at radius 2 is 1.72 bits per heavy atom. The van der Waals surface area contributed by atoms with Gasteiger partial charge in [0, 0.05) is 10.6 Å². The van der Waals surface area contributed by atoms with Crippen molar-refractivity contribution >= 4 is 35.6 Å². The van der Waals surface area contributed by atoms with Crippen LogP contribution < -0.4 is 5.32 Å². The molecule has 0 aliphatic rings. The highest BCUT2D eigenvalue weighted by atomic mass is 35.5. The van der Waals surface area contributed by atoms with Crippen LogP contribution in [0, 0.1) is 5.82 Å². The molecule has 0 aliphatic carbocycles. The molecular formula is C19H17Cl3FNO. The molecule has 0 aliphatic heterocycles. The molecule has 2 nitrogen and oxygen atoms in total. The molecule has 0 amide bonds. The summed E-state index contributed by atoms with van der Waals surface area (Å²) in [6, 6.07) is 15.7. The van der Waals surface area contributed by atoms with E-state index >= 15 is 0 Å². The van der Waals surface area contributed by atoms with Crippen LogP contribution in [0.5, 0.6) is 0 Å². The number of nitrogens with one attached hydrogen (secondary N) is 1. The molecule has 25 heavy (non-hydrogen) atoms. The Labute approximate surface area is 162 Å². The third-order valence-corrected chi connectivity index (χ3v) is 4.21. The van der Waals surface area contributed by atoms with Gasteiger partial charge in [-0.2, -0.15) is 0 Å². The molecule has 0 atom stereocenters. The molecule has 6 heteroatoms. The van der Waals surface area contributed by atoms with Crippen LogP contribution >= 0.6 is 35.6 Å². The zero-order chi connectivity index (χ0) is 16.9. The van der Waals surface area contributed by atoms with E-state index < -0.39 is 0 Å². The van der Waals surface area contributed by atoms with Gasteiger partial charge in [-0.1, -0.05) is 35.3 Å². The first-order chi connectivity index (χ1) is 11.6. The van der Waals surface area contributed by atoms with Gasteiger partial charge >= 0.3 is 0 Å². The molecule has 0 fully saturated rings. The summed E-state index contributed by atoms with van der Waals surface area (Å²) < 4.78 is 18.7. The third kappa shape index (κ3) is 5.48. The SMILES string of the molecule is Cl.Fc1ccc(CCNCc2ccc(-c3ccc(Cl)cc3Cl)o2)cc1. The molecule has 0 radical (unpaired) electrons. The Bertz CT molecular complexity index is 818. The molecule has 1 heterocycles. The minimum Gasteiger partial charge on any atom is -0.460 e. The number of hydrogen-bond acceptors (Lipinski definition) is 2. The van der Waals surface area contributed by atoms with E-state index in [4.69, 9.17) is 27.6 Å². The molecule has 2 aromatic carbocycles. The fraction of sp³-hybridized carbons (Fsp3) is 0.158. The second-order valence-electron chi connectivity index (χ2n) is 5.44. The number of hydrogen-bond donors (Lipinski definition) is 1. The fourth-order valence-electron chi connectivity index (χ4n) is 2.40. The Morgan fingerprint density at radius 1 is 0.960 bits per heavy atom. The lowest BCUT2D eigenvalue weighted by atomic mass is 10.1. The maximum absolute atomic E-state index is 12.8. The number of halogens is 4. The van der Waals surface area contributed by atoms with Crippen molar-refractivity contribution < 1.29 is 8.81 Å². The first-order valence-electron chi connectivity index (χ1n) is 7.61. The van der Waals surface area contributed by atoms with Gasteiger partial charge in [0.25, 0.3) is 0 Å². The van der Waals surface area contributed by atoms with E-state index in [1.54, 1.807) is 24.3 Å². The monoisotopic (exact) mass is 399 g/mol. The minimum atomic E-state index is -0.212. The fourth-order valence-corrected chi connectivity index (χ4v) is 2.90. The van der Waals surface area contributed by atoms with Crippen molar-refractivity contribution in [3.8, 4) is 11.3 Å². The highest BCUT2D eigenvalue weighted by Gasteiger charge is 2.09. The first kappa shape index (κ1) is 19.8. The van der Waals surface area contributed by atoms with E-state index in [9.17, 15) is 4.39 Å². The lowest BCUT2D eigenvalue weighted by Crippen LogP contribution is -2.16. The highest BCUT2D eigenvalue weighted by molar-refractivity contribution is 6.36. The summed E-state index contributed by atoms with van der Waals surface area (Å²) in [4.78, 5) is 0.